The highest BCUT2D eigenvalue weighted by Crippen LogP contribution is 2.27. The third-order valence-corrected chi connectivity index (χ3v) is 3.73. The highest BCUT2D eigenvalue weighted by atomic mass is 35.5. The minimum Gasteiger partial charge on any atom is -0.396 e. The summed E-state index contributed by atoms with van der Waals surface area (Å²) in [5, 5.41) is 14.3. The Balaban J connectivity index is 2.29. The third kappa shape index (κ3) is 2.96. The second-order valence-electron chi connectivity index (χ2n) is 4.62. The van der Waals surface area contributed by atoms with E-state index in [1.54, 1.807) is 17.8 Å². The standard InChI is InChI=1S/C14H16ClFN2O/c1-9-13(14(15)18(2)17-9)7-11(8-19)10-4-3-5-12(16)6-10/h3-6,11,19H,7-8H2,1-2H3. The normalized spacial score (nSPS) is 12.7. The van der Waals surface area contributed by atoms with Crippen LogP contribution < -0.4 is 0 Å². The van der Waals surface area contributed by atoms with Gasteiger partial charge in [0.1, 0.15) is 11.0 Å². The van der Waals surface area contributed by atoms with Crippen LogP contribution in [0.25, 0.3) is 0 Å². The van der Waals surface area contributed by atoms with Crippen LogP contribution in [-0.2, 0) is 13.5 Å². The molecule has 0 saturated heterocycles. The molecule has 0 aliphatic carbocycles. The molecule has 2 aromatic rings. The van der Waals surface area contributed by atoms with Crippen LogP contribution in [-0.4, -0.2) is 21.5 Å². The topological polar surface area (TPSA) is 38.0 Å². The Hall–Kier alpha value is -1.39. The van der Waals surface area contributed by atoms with E-state index in [4.69, 9.17) is 11.6 Å². The molecule has 1 aromatic carbocycles. The summed E-state index contributed by atoms with van der Waals surface area (Å²) in [5.41, 5.74) is 2.50. The lowest BCUT2D eigenvalue weighted by Crippen LogP contribution is -2.09. The highest BCUT2D eigenvalue weighted by Gasteiger charge is 2.18. The molecular weight excluding hydrogens is 267 g/mol. The summed E-state index contributed by atoms with van der Waals surface area (Å²) in [6.45, 7) is 1.81. The lowest BCUT2D eigenvalue weighted by Gasteiger charge is -2.14. The third-order valence-electron chi connectivity index (χ3n) is 3.26. The molecule has 2 rings (SSSR count). The molecule has 0 saturated carbocycles. The van der Waals surface area contributed by atoms with Crippen molar-refractivity contribution in [2.75, 3.05) is 6.61 Å². The zero-order valence-corrected chi connectivity index (χ0v) is 11.7. The van der Waals surface area contributed by atoms with Crippen molar-refractivity contribution in [1.82, 2.24) is 9.78 Å². The minimum atomic E-state index is -0.301. The van der Waals surface area contributed by atoms with Crippen LogP contribution in [0.1, 0.15) is 22.7 Å². The van der Waals surface area contributed by atoms with Gasteiger partial charge in [-0.3, -0.25) is 4.68 Å². The largest absolute Gasteiger partial charge is 0.396 e. The number of hydrogen-bond acceptors (Lipinski definition) is 2. The van der Waals surface area contributed by atoms with E-state index in [-0.39, 0.29) is 18.3 Å². The average Bonchev–Trinajstić information content (AvgIpc) is 2.61. The Bertz CT molecular complexity index is 583. The molecule has 0 bridgehead atoms. The summed E-state index contributed by atoms with van der Waals surface area (Å²) in [6.07, 6.45) is 0.540. The van der Waals surface area contributed by atoms with Crippen LogP contribution in [0.2, 0.25) is 5.15 Å². The van der Waals surface area contributed by atoms with Gasteiger partial charge in [0.15, 0.2) is 0 Å². The number of rotatable bonds is 4. The molecule has 1 unspecified atom stereocenters. The van der Waals surface area contributed by atoms with E-state index in [1.165, 1.54) is 12.1 Å². The number of aliphatic hydroxyl groups excluding tert-OH is 1. The first-order valence-corrected chi connectivity index (χ1v) is 6.45. The predicted molar refractivity (Wildman–Crippen MR) is 72.9 cm³/mol. The fraction of sp³-hybridized carbons (Fsp3) is 0.357. The number of nitrogens with zero attached hydrogens (tertiary/aromatic N) is 2. The van der Waals surface area contributed by atoms with Gasteiger partial charge >= 0.3 is 0 Å². The van der Waals surface area contributed by atoms with Gasteiger partial charge in [-0.15, -0.1) is 0 Å². The molecular formula is C14H16ClFN2O. The molecule has 0 fully saturated rings. The number of aryl methyl sites for hydroxylation is 2. The first kappa shape index (κ1) is 14.0. The van der Waals surface area contributed by atoms with Gasteiger partial charge in [-0.05, 0) is 31.0 Å². The van der Waals surface area contributed by atoms with Crippen molar-refractivity contribution in [1.29, 1.82) is 0 Å². The summed E-state index contributed by atoms with van der Waals surface area (Å²) in [7, 11) is 1.77. The Morgan fingerprint density at radius 3 is 2.74 bits per heavy atom. The minimum absolute atomic E-state index is 0.0614. The zero-order chi connectivity index (χ0) is 14.0. The van der Waals surface area contributed by atoms with Crippen molar-refractivity contribution < 1.29 is 9.50 Å². The SMILES string of the molecule is Cc1nn(C)c(Cl)c1CC(CO)c1cccc(F)c1. The molecule has 0 spiro atoms. The van der Waals surface area contributed by atoms with E-state index in [0.29, 0.717) is 11.6 Å². The Morgan fingerprint density at radius 2 is 2.21 bits per heavy atom. The molecule has 0 amide bonds. The molecule has 1 atom stereocenters. The summed E-state index contributed by atoms with van der Waals surface area (Å²) in [5.74, 6) is -0.485. The number of hydrogen-bond donors (Lipinski definition) is 1. The van der Waals surface area contributed by atoms with Gasteiger partial charge in [0.25, 0.3) is 0 Å². The maximum absolute atomic E-state index is 13.2. The predicted octanol–water partition coefficient (Wildman–Crippen LogP) is 2.84. The van der Waals surface area contributed by atoms with Crippen molar-refractivity contribution in [3.05, 3.63) is 52.1 Å². The Morgan fingerprint density at radius 1 is 1.47 bits per heavy atom. The van der Waals surface area contributed by atoms with Gasteiger partial charge in [0.05, 0.1) is 12.3 Å². The molecule has 0 aliphatic rings. The molecule has 3 nitrogen and oxygen atoms in total. The second kappa shape index (κ2) is 5.72. The molecule has 0 radical (unpaired) electrons. The van der Waals surface area contributed by atoms with Crippen LogP contribution in [0.5, 0.6) is 0 Å². The molecule has 102 valence electrons. The Kier molecular flexibility index (Phi) is 4.22. The van der Waals surface area contributed by atoms with Crippen molar-refractivity contribution in [3.8, 4) is 0 Å². The monoisotopic (exact) mass is 282 g/mol. The van der Waals surface area contributed by atoms with Crippen molar-refractivity contribution in [3.63, 3.8) is 0 Å². The van der Waals surface area contributed by atoms with Crippen LogP contribution in [0.4, 0.5) is 4.39 Å². The van der Waals surface area contributed by atoms with Crippen LogP contribution in [0.3, 0.4) is 0 Å². The fourth-order valence-corrected chi connectivity index (χ4v) is 2.45. The average molecular weight is 283 g/mol. The Labute approximate surface area is 116 Å². The van der Waals surface area contributed by atoms with E-state index in [1.807, 2.05) is 13.0 Å². The van der Waals surface area contributed by atoms with Crippen molar-refractivity contribution in [2.45, 2.75) is 19.3 Å². The first-order chi connectivity index (χ1) is 9.02. The molecule has 1 heterocycles. The summed E-state index contributed by atoms with van der Waals surface area (Å²) in [6, 6.07) is 6.29. The van der Waals surface area contributed by atoms with Gasteiger partial charge < -0.3 is 5.11 Å². The number of aromatic nitrogens is 2. The zero-order valence-electron chi connectivity index (χ0n) is 10.9. The van der Waals surface area contributed by atoms with Crippen LogP contribution >= 0.6 is 11.6 Å². The second-order valence-corrected chi connectivity index (χ2v) is 4.98. The van der Waals surface area contributed by atoms with E-state index in [0.717, 1.165) is 16.8 Å². The summed E-state index contributed by atoms with van der Waals surface area (Å²) < 4.78 is 14.8. The van der Waals surface area contributed by atoms with Crippen LogP contribution in [0.15, 0.2) is 24.3 Å². The van der Waals surface area contributed by atoms with E-state index >= 15 is 0 Å². The van der Waals surface area contributed by atoms with Gasteiger partial charge in [0.2, 0.25) is 0 Å². The smallest absolute Gasteiger partial charge is 0.130 e. The lowest BCUT2D eigenvalue weighted by molar-refractivity contribution is 0.264. The van der Waals surface area contributed by atoms with Gasteiger partial charge in [-0.25, -0.2) is 4.39 Å². The fourth-order valence-electron chi connectivity index (χ4n) is 2.20. The number of aliphatic hydroxyl groups is 1. The molecule has 1 N–H and O–H groups in total. The molecule has 5 heteroatoms. The molecule has 19 heavy (non-hydrogen) atoms. The van der Waals surface area contributed by atoms with E-state index < -0.39 is 0 Å². The van der Waals surface area contributed by atoms with Gasteiger partial charge in [-0.1, -0.05) is 23.7 Å². The van der Waals surface area contributed by atoms with E-state index in [9.17, 15) is 9.50 Å². The lowest BCUT2D eigenvalue weighted by atomic mass is 9.93. The maximum Gasteiger partial charge on any atom is 0.130 e. The van der Waals surface area contributed by atoms with Crippen molar-refractivity contribution >= 4 is 11.6 Å². The number of benzene rings is 1. The van der Waals surface area contributed by atoms with E-state index in [2.05, 4.69) is 5.10 Å². The maximum atomic E-state index is 13.2. The quantitative estimate of drug-likeness (QED) is 0.936. The number of halogens is 2. The molecule has 0 aliphatic heterocycles. The van der Waals surface area contributed by atoms with Crippen LogP contribution in [0, 0.1) is 12.7 Å². The van der Waals surface area contributed by atoms with Crippen molar-refractivity contribution in [2.24, 2.45) is 7.05 Å². The first-order valence-electron chi connectivity index (χ1n) is 6.07. The van der Waals surface area contributed by atoms with Gasteiger partial charge in [-0.2, -0.15) is 5.10 Å². The highest BCUT2D eigenvalue weighted by molar-refractivity contribution is 6.30. The summed E-state index contributed by atoms with van der Waals surface area (Å²) in [4.78, 5) is 0. The molecule has 1 aromatic heterocycles. The summed E-state index contributed by atoms with van der Waals surface area (Å²) >= 11 is 6.18. The van der Waals surface area contributed by atoms with Gasteiger partial charge in [0, 0.05) is 18.5 Å².